The molecule has 1 heterocycles. The maximum absolute atomic E-state index is 13.5. The second kappa shape index (κ2) is 5.63. The molecule has 1 unspecified atom stereocenters. The summed E-state index contributed by atoms with van der Waals surface area (Å²) in [6, 6.07) is 6.11. The van der Waals surface area contributed by atoms with Crippen LogP contribution in [0.15, 0.2) is 39.5 Å². The number of amides is 1. The van der Waals surface area contributed by atoms with E-state index in [9.17, 15) is 9.18 Å². The molecule has 94 valence electrons. The monoisotopic (exact) mass is 327 g/mol. The van der Waals surface area contributed by atoms with Gasteiger partial charge in [0.1, 0.15) is 5.82 Å². The molecule has 0 saturated heterocycles. The average molecular weight is 328 g/mol. The highest BCUT2D eigenvalue weighted by atomic mass is 79.9. The Morgan fingerprint density at radius 1 is 1.44 bits per heavy atom. The molecule has 1 aromatic heterocycles. The molecule has 5 heteroatoms. The van der Waals surface area contributed by atoms with Crippen molar-refractivity contribution in [3.8, 4) is 0 Å². The number of rotatable bonds is 3. The van der Waals surface area contributed by atoms with Crippen molar-refractivity contribution in [3.05, 3.63) is 56.4 Å². The first-order valence-corrected chi connectivity index (χ1v) is 7.09. The average Bonchev–Trinajstić information content (AvgIpc) is 2.85. The third-order valence-corrected chi connectivity index (χ3v) is 3.76. The van der Waals surface area contributed by atoms with E-state index in [0.717, 1.165) is 5.56 Å². The van der Waals surface area contributed by atoms with Gasteiger partial charge in [0.2, 0.25) is 0 Å². The molecular formula is C13H11BrFNOS. The molecule has 0 radical (unpaired) electrons. The maximum Gasteiger partial charge on any atom is 0.254 e. The molecule has 18 heavy (non-hydrogen) atoms. The lowest BCUT2D eigenvalue weighted by Crippen LogP contribution is -2.27. The Morgan fingerprint density at radius 3 is 2.89 bits per heavy atom. The van der Waals surface area contributed by atoms with Gasteiger partial charge in [-0.15, -0.1) is 0 Å². The zero-order chi connectivity index (χ0) is 13.1. The van der Waals surface area contributed by atoms with Gasteiger partial charge in [0.05, 0.1) is 11.6 Å². The van der Waals surface area contributed by atoms with Crippen LogP contribution in [-0.2, 0) is 0 Å². The molecule has 0 aliphatic carbocycles. The van der Waals surface area contributed by atoms with E-state index < -0.39 is 11.7 Å². The Balaban J connectivity index is 2.15. The number of carbonyl (C=O) groups is 1. The molecule has 1 aromatic carbocycles. The van der Waals surface area contributed by atoms with Crippen molar-refractivity contribution in [3.63, 3.8) is 0 Å². The normalized spacial score (nSPS) is 12.2. The van der Waals surface area contributed by atoms with Crippen molar-refractivity contribution >= 4 is 33.2 Å². The maximum atomic E-state index is 13.5. The van der Waals surface area contributed by atoms with E-state index in [-0.39, 0.29) is 11.6 Å². The summed E-state index contributed by atoms with van der Waals surface area (Å²) < 4.78 is 14.2. The van der Waals surface area contributed by atoms with Crippen molar-refractivity contribution in [1.82, 2.24) is 5.32 Å². The molecule has 0 saturated carbocycles. The molecule has 2 aromatic rings. The van der Waals surface area contributed by atoms with Gasteiger partial charge in [-0.2, -0.15) is 11.3 Å². The zero-order valence-corrected chi connectivity index (χ0v) is 12.0. The van der Waals surface area contributed by atoms with E-state index in [1.54, 1.807) is 17.4 Å². The number of nitrogens with one attached hydrogen (secondary N) is 1. The van der Waals surface area contributed by atoms with E-state index in [4.69, 9.17) is 0 Å². The molecule has 2 rings (SSSR count). The molecule has 2 nitrogen and oxygen atoms in total. The van der Waals surface area contributed by atoms with Crippen LogP contribution in [0.2, 0.25) is 0 Å². The highest BCUT2D eigenvalue weighted by Crippen LogP contribution is 2.19. The van der Waals surface area contributed by atoms with Crippen LogP contribution in [-0.4, -0.2) is 5.91 Å². The summed E-state index contributed by atoms with van der Waals surface area (Å²) in [6.45, 7) is 1.87. The lowest BCUT2D eigenvalue weighted by Gasteiger charge is -2.13. The number of thiophene rings is 1. The van der Waals surface area contributed by atoms with E-state index >= 15 is 0 Å². The first-order chi connectivity index (χ1) is 8.58. The lowest BCUT2D eigenvalue weighted by atomic mass is 10.1. The summed E-state index contributed by atoms with van der Waals surface area (Å²) in [5, 5.41) is 6.68. The van der Waals surface area contributed by atoms with Crippen LogP contribution < -0.4 is 5.32 Å². The minimum atomic E-state index is -0.520. The molecule has 0 bridgehead atoms. The number of hydrogen-bond acceptors (Lipinski definition) is 2. The fourth-order valence-corrected chi connectivity index (χ4v) is 2.67. The number of carbonyl (C=O) groups excluding carboxylic acids is 1. The molecule has 0 aliphatic heterocycles. The van der Waals surface area contributed by atoms with Gasteiger partial charge in [0.25, 0.3) is 5.91 Å². The first-order valence-electron chi connectivity index (χ1n) is 5.36. The van der Waals surface area contributed by atoms with E-state index in [2.05, 4.69) is 21.2 Å². The second-order valence-corrected chi connectivity index (χ2v) is 5.57. The van der Waals surface area contributed by atoms with E-state index in [1.807, 2.05) is 23.8 Å². The van der Waals surface area contributed by atoms with Gasteiger partial charge >= 0.3 is 0 Å². The molecule has 0 aliphatic rings. The quantitative estimate of drug-likeness (QED) is 0.901. The van der Waals surface area contributed by atoms with Crippen molar-refractivity contribution in [2.75, 3.05) is 0 Å². The summed E-state index contributed by atoms with van der Waals surface area (Å²) in [7, 11) is 0. The smallest absolute Gasteiger partial charge is 0.254 e. The molecule has 1 atom stereocenters. The number of hydrogen-bond donors (Lipinski definition) is 1. The summed E-state index contributed by atoms with van der Waals surface area (Å²) in [5.41, 5.74) is 1.07. The van der Waals surface area contributed by atoms with Crippen molar-refractivity contribution < 1.29 is 9.18 Å². The number of halogens is 2. The van der Waals surface area contributed by atoms with Crippen LogP contribution in [0, 0.1) is 5.82 Å². The molecule has 1 N–H and O–H groups in total. The van der Waals surface area contributed by atoms with Gasteiger partial charge < -0.3 is 5.32 Å². The van der Waals surface area contributed by atoms with Gasteiger partial charge in [-0.1, -0.05) is 15.9 Å². The highest BCUT2D eigenvalue weighted by Gasteiger charge is 2.15. The van der Waals surface area contributed by atoms with Crippen LogP contribution in [0.25, 0.3) is 0 Å². The predicted molar refractivity (Wildman–Crippen MR) is 74.3 cm³/mol. The predicted octanol–water partition coefficient (Wildman–Crippen LogP) is 4.14. The van der Waals surface area contributed by atoms with Crippen LogP contribution in [0.5, 0.6) is 0 Å². The van der Waals surface area contributed by atoms with Crippen LogP contribution in [0.3, 0.4) is 0 Å². The summed E-state index contributed by atoms with van der Waals surface area (Å²) in [4.78, 5) is 12.0. The fourth-order valence-electron chi connectivity index (χ4n) is 1.55. The first kappa shape index (κ1) is 13.2. The summed E-state index contributed by atoms with van der Waals surface area (Å²) >= 11 is 4.79. The van der Waals surface area contributed by atoms with Gasteiger partial charge in [-0.3, -0.25) is 4.79 Å². The van der Waals surface area contributed by atoms with Gasteiger partial charge in [0, 0.05) is 4.47 Å². The number of benzene rings is 1. The highest BCUT2D eigenvalue weighted by molar-refractivity contribution is 9.10. The zero-order valence-electron chi connectivity index (χ0n) is 9.61. The van der Waals surface area contributed by atoms with Crippen LogP contribution >= 0.6 is 27.3 Å². The summed E-state index contributed by atoms with van der Waals surface area (Å²) in [6.07, 6.45) is 0. The Hall–Kier alpha value is -1.20. The molecule has 1 amide bonds. The van der Waals surface area contributed by atoms with Crippen molar-refractivity contribution in [2.24, 2.45) is 0 Å². The minimum Gasteiger partial charge on any atom is -0.345 e. The largest absolute Gasteiger partial charge is 0.345 e. The lowest BCUT2D eigenvalue weighted by molar-refractivity contribution is 0.0936. The summed E-state index contributed by atoms with van der Waals surface area (Å²) in [5.74, 6) is -0.930. The molecule has 0 fully saturated rings. The third kappa shape index (κ3) is 2.97. The topological polar surface area (TPSA) is 29.1 Å². The Kier molecular flexibility index (Phi) is 4.14. The van der Waals surface area contributed by atoms with Gasteiger partial charge in [-0.05, 0) is 47.5 Å². The van der Waals surface area contributed by atoms with Crippen molar-refractivity contribution in [2.45, 2.75) is 13.0 Å². The van der Waals surface area contributed by atoms with Crippen molar-refractivity contribution in [1.29, 1.82) is 0 Å². The molecule has 0 spiro atoms. The Morgan fingerprint density at radius 2 is 2.22 bits per heavy atom. The molecular weight excluding hydrogens is 317 g/mol. The SMILES string of the molecule is CC(NC(=O)c1cc(Br)ccc1F)c1ccsc1. The third-order valence-electron chi connectivity index (χ3n) is 2.56. The van der Waals surface area contributed by atoms with Gasteiger partial charge in [0.15, 0.2) is 0 Å². The second-order valence-electron chi connectivity index (χ2n) is 3.88. The van der Waals surface area contributed by atoms with Gasteiger partial charge in [-0.25, -0.2) is 4.39 Å². The van der Waals surface area contributed by atoms with Crippen LogP contribution in [0.1, 0.15) is 28.9 Å². The Labute approximate surface area is 117 Å². The minimum absolute atomic E-state index is 0.0476. The van der Waals surface area contributed by atoms with E-state index in [1.165, 1.54) is 12.1 Å². The standard InChI is InChI=1S/C13H11BrFNOS/c1-8(9-4-5-18-7-9)16-13(17)11-6-10(14)2-3-12(11)15/h2-8H,1H3,(H,16,17). The van der Waals surface area contributed by atoms with Crippen LogP contribution in [0.4, 0.5) is 4.39 Å². The van der Waals surface area contributed by atoms with E-state index in [0.29, 0.717) is 4.47 Å². The fraction of sp³-hybridized carbons (Fsp3) is 0.154. The Bertz CT molecular complexity index is 556.